The summed E-state index contributed by atoms with van der Waals surface area (Å²) in [5.74, 6) is 0. The first-order valence-corrected chi connectivity index (χ1v) is 2.67. The Morgan fingerprint density at radius 3 is 3.00 bits per heavy atom. The van der Waals surface area contributed by atoms with Gasteiger partial charge in [0, 0.05) is 0 Å². The topological polar surface area (TPSA) is 43.9 Å². The molecule has 0 aromatic carbocycles. The normalized spacial score (nSPS) is 17.4. The summed E-state index contributed by atoms with van der Waals surface area (Å²) in [7, 11) is 0. The molecular formula is C6H7N2O. The fourth-order valence-corrected chi connectivity index (χ4v) is 0.639. The van der Waals surface area contributed by atoms with Gasteiger partial charge in [-0.15, -0.1) is 5.11 Å². The van der Waals surface area contributed by atoms with Crippen molar-refractivity contribution in [2.24, 2.45) is 5.11 Å². The minimum Gasteiger partial charge on any atom is -0.495 e. The van der Waals surface area contributed by atoms with Crippen molar-refractivity contribution in [1.82, 2.24) is 5.53 Å². The first-order valence-electron chi connectivity index (χ1n) is 2.67. The fraction of sp³-hybridized carbons (Fsp3) is 0.333. The van der Waals surface area contributed by atoms with E-state index in [9.17, 15) is 0 Å². The Labute approximate surface area is 53.5 Å². The monoisotopic (exact) mass is 123 g/mol. The van der Waals surface area contributed by atoms with Crippen LogP contribution in [0.1, 0.15) is 6.92 Å². The van der Waals surface area contributed by atoms with Crippen LogP contribution in [0.25, 0.3) is 0 Å². The van der Waals surface area contributed by atoms with Gasteiger partial charge in [-0.05, 0) is 24.1 Å². The molecule has 3 heteroatoms. The van der Waals surface area contributed by atoms with Crippen LogP contribution in [-0.2, 0) is 4.74 Å². The van der Waals surface area contributed by atoms with Gasteiger partial charge >= 0.3 is 0 Å². The first-order chi connectivity index (χ1) is 4.33. The molecule has 1 aliphatic rings. The summed E-state index contributed by atoms with van der Waals surface area (Å²) in [6.07, 6.45) is 3.19. The number of rotatable bonds is 1. The number of allylic oxidation sites excluding steroid dienone is 1. The van der Waals surface area contributed by atoms with Crippen LogP contribution in [0.15, 0.2) is 28.7 Å². The van der Waals surface area contributed by atoms with Crippen molar-refractivity contribution in [3.05, 3.63) is 23.6 Å². The lowest BCUT2D eigenvalue weighted by Crippen LogP contribution is -1.96. The van der Waals surface area contributed by atoms with Crippen molar-refractivity contribution >= 4 is 0 Å². The van der Waals surface area contributed by atoms with Gasteiger partial charge in [0.05, 0.1) is 0 Å². The van der Waals surface area contributed by atoms with Crippen molar-refractivity contribution in [2.45, 2.75) is 6.92 Å². The van der Waals surface area contributed by atoms with E-state index in [0.717, 1.165) is 5.57 Å². The van der Waals surface area contributed by atoms with Gasteiger partial charge < -0.3 is 4.74 Å². The molecule has 1 heterocycles. The molecule has 0 fully saturated rings. The van der Waals surface area contributed by atoms with E-state index in [1.165, 1.54) is 6.26 Å². The zero-order chi connectivity index (χ0) is 6.69. The van der Waals surface area contributed by atoms with Crippen LogP contribution in [-0.4, -0.2) is 6.61 Å². The molecule has 1 aliphatic heterocycles. The SMILES string of the molecule is CC1=CC(N=[N])=COC1. The fourth-order valence-electron chi connectivity index (χ4n) is 0.639. The highest BCUT2D eigenvalue weighted by atomic mass is 16.5. The Morgan fingerprint density at radius 1 is 1.78 bits per heavy atom. The Hall–Kier alpha value is -1.12. The van der Waals surface area contributed by atoms with Crippen molar-refractivity contribution in [1.29, 1.82) is 0 Å². The van der Waals surface area contributed by atoms with E-state index in [1.807, 2.05) is 6.92 Å². The highest BCUT2D eigenvalue weighted by Crippen LogP contribution is 2.09. The molecule has 0 amide bonds. The van der Waals surface area contributed by atoms with Crippen molar-refractivity contribution in [3.63, 3.8) is 0 Å². The number of ether oxygens (including phenoxy) is 1. The van der Waals surface area contributed by atoms with E-state index in [0.29, 0.717) is 12.3 Å². The lowest BCUT2D eigenvalue weighted by atomic mass is 10.2. The second-order valence-electron chi connectivity index (χ2n) is 1.94. The van der Waals surface area contributed by atoms with Gasteiger partial charge in [0.2, 0.25) is 0 Å². The zero-order valence-electron chi connectivity index (χ0n) is 5.16. The largest absolute Gasteiger partial charge is 0.495 e. The maximum atomic E-state index is 8.24. The molecule has 0 aromatic heterocycles. The summed E-state index contributed by atoms with van der Waals surface area (Å²) in [6.45, 7) is 2.51. The summed E-state index contributed by atoms with van der Waals surface area (Å²) in [6, 6.07) is 0. The Bertz CT molecular complexity index is 181. The van der Waals surface area contributed by atoms with Gasteiger partial charge in [-0.1, -0.05) is 0 Å². The third kappa shape index (κ3) is 1.38. The second-order valence-corrected chi connectivity index (χ2v) is 1.94. The average molecular weight is 123 g/mol. The predicted molar refractivity (Wildman–Crippen MR) is 32.4 cm³/mol. The molecule has 1 rings (SSSR count). The van der Waals surface area contributed by atoms with Gasteiger partial charge in [0.15, 0.2) is 0 Å². The second kappa shape index (κ2) is 2.44. The standard InChI is InChI=1S/C6H7N2O/c1-5-2-6(8-7)4-9-3-5/h2,4H,3H2,1H3. The van der Waals surface area contributed by atoms with Gasteiger partial charge in [-0.2, -0.15) is 0 Å². The smallest absolute Gasteiger partial charge is 0.122 e. The third-order valence-corrected chi connectivity index (χ3v) is 1.02. The van der Waals surface area contributed by atoms with Crippen LogP contribution >= 0.6 is 0 Å². The Morgan fingerprint density at radius 2 is 2.56 bits per heavy atom. The molecule has 0 saturated heterocycles. The van der Waals surface area contributed by atoms with E-state index < -0.39 is 0 Å². The molecule has 0 unspecified atom stereocenters. The molecule has 0 atom stereocenters. The van der Waals surface area contributed by atoms with E-state index in [2.05, 4.69) is 5.11 Å². The van der Waals surface area contributed by atoms with Gasteiger partial charge in [-0.25, -0.2) is 0 Å². The van der Waals surface area contributed by atoms with Crippen LogP contribution in [0.5, 0.6) is 0 Å². The van der Waals surface area contributed by atoms with Gasteiger partial charge in [0.25, 0.3) is 0 Å². The molecule has 47 valence electrons. The van der Waals surface area contributed by atoms with Gasteiger partial charge in [0.1, 0.15) is 18.6 Å². The first kappa shape index (κ1) is 6.01. The summed E-state index contributed by atoms with van der Waals surface area (Å²) >= 11 is 0. The minimum atomic E-state index is 0.471. The van der Waals surface area contributed by atoms with Crippen LogP contribution in [0.4, 0.5) is 0 Å². The molecule has 0 spiro atoms. The summed E-state index contributed by atoms with van der Waals surface area (Å²) < 4.78 is 4.90. The number of nitrogens with zero attached hydrogens (tertiary/aromatic N) is 2. The minimum absolute atomic E-state index is 0.471. The predicted octanol–water partition coefficient (Wildman–Crippen LogP) is 1.06. The van der Waals surface area contributed by atoms with E-state index in [4.69, 9.17) is 10.3 Å². The maximum Gasteiger partial charge on any atom is 0.122 e. The molecule has 0 aliphatic carbocycles. The Balaban J connectivity index is 2.74. The Kier molecular flexibility index (Phi) is 1.63. The molecule has 1 radical (unpaired) electrons. The molecule has 0 saturated carbocycles. The van der Waals surface area contributed by atoms with Crippen LogP contribution in [0.2, 0.25) is 0 Å². The van der Waals surface area contributed by atoms with Crippen molar-refractivity contribution in [3.8, 4) is 0 Å². The van der Waals surface area contributed by atoms with E-state index in [1.54, 1.807) is 6.08 Å². The van der Waals surface area contributed by atoms with Crippen molar-refractivity contribution < 1.29 is 4.74 Å². The van der Waals surface area contributed by atoms with Gasteiger partial charge in [-0.3, -0.25) is 0 Å². The summed E-state index contributed by atoms with van der Waals surface area (Å²) in [5, 5.41) is 2.96. The molecule has 0 N–H and O–H groups in total. The van der Waals surface area contributed by atoms with Crippen LogP contribution in [0, 0.1) is 0 Å². The zero-order valence-corrected chi connectivity index (χ0v) is 5.16. The van der Waals surface area contributed by atoms with Crippen molar-refractivity contribution in [2.75, 3.05) is 6.61 Å². The third-order valence-electron chi connectivity index (χ3n) is 1.02. The number of hydrogen-bond acceptors (Lipinski definition) is 2. The summed E-state index contributed by atoms with van der Waals surface area (Å²) in [5.41, 5.74) is 9.77. The molecule has 9 heavy (non-hydrogen) atoms. The molecular weight excluding hydrogens is 116 g/mol. The summed E-state index contributed by atoms with van der Waals surface area (Å²) in [4.78, 5) is 0. The maximum absolute atomic E-state index is 8.24. The lowest BCUT2D eigenvalue weighted by molar-refractivity contribution is 0.272. The number of hydrogen-bond donors (Lipinski definition) is 0. The van der Waals surface area contributed by atoms with Crippen LogP contribution < -0.4 is 5.53 Å². The lowest BCUT2D eigenvalue weighted by Gasteiger charge is -2.06. The highest BCUT2D eigenvalue weighted by Gasteiger charge is 1.99. The van der Waals surface area contributed by atoms with E-state index in [-0.39, 0.29) is 0 Å². The molecule has 0 bridgehead atoms. The van der Waals surface area contributed by atoms with Crippen LogP contribution in [0.3, 0.4) is 0 Å². The molecule has 0 aromatic rings. The average Bonchev–Trinajstić information content (AvgIpc) is 1.88. The van der Waals surface area contributed by atoms with E-state index >= 15 is 0 Å². The highest BCUT2D eigenvalue weighted by molar-refractivity contribution is 5.22. The molecule has 3 nitrogen and oxygen atoms in total. The quantitative estimate of drug-likeness (QED) is 0.481.